The molecular formula is C17H28N4O6S2. The van der Waals surface area contributed by atoms with Crippen molar-refractivity contribution < 1.29 is 26.4 Å². The first-order chi connectivity index (χ1) is 13.5. The number of morpholine rings is 1. The van der Waals surface area contributed by atoms with Crippen LogP contribution in [0, 0.1) is 0 Å². The molecule has 1 amide bonds. The fourth-order valence-electron chi connectivity index (χ4n) is 2.73. The zero-order valence-corrected chi connectivity index (χ0v) is 18.5. The molecular weight excluding hydrogens is 420 g/mol. The maximum Gasteiger partial charge on any atom is 0.243 e. The van der Waals surface area contributed by atoms with Gasteiger partial charge < -0.3 is 15.0 Å². The molecule has 1 fully saturated rings. The van der Waals surface area contributed by atoms with Gasteiger partial charge in [-0.3, -0.25) is 9.10 Å². The predicted octanol–water partition coefficient (Wildman–Crippen LogP) is -0.849. The highest BCUT2D eigenvalue weighted by atomic mass is 32.2. The van der Waals surface area contributed by atoms with Crippen LogP contribution in [-0.2, 0) is 29.6 Å². The van der Waals surface area contributed by atoms with Crippen LogP contribution in [0.3, 0.4) is 0 Å². The summed E-state index contributed by atoms with van der Waals surface area (Å²) in [6.45, 7) is 1.84. The van der Waals surface area contributed by atoms with Crippen LogP contribution in [0.25, 0.3) is 0 Å². The predicted molar refractivity (Wildman–Crippen MR) is 110 cm³/mol. The molecule has 0 aliphatic carbocycles. The summed E-state index contributed by atoms with van der Waals surface area (Å²) in [5.74, 6) is -0.442. The second-order valence-electron chi connectivity index (χ2n) is 6.93. The molecule has 0 bridgehead atoms. The number of ether oxygens (including phenoxy) is 1. The van der Waals surface area contributed by atoms with Crippen molar-refractivity contribution in [2.24, 2.45) is 0 Å². The minimum absolute atomic E-state index is 0.0621. The molecule has 0 saturated carbocycles. The van der Waals surface area contributed by atoms with E-state index in [0.717, 1.165) is 10.6 Å². The maximum atomic E-state index is 12.7. The number of nitrogens with one attached hydrogen (secondary N) is 1. The normalized spacial score (nSPS) is 16.0. The molecule has 1 saturated heterocycles. The molecule has 0 unspecified atom stereocenters. The fraction of sp³-hybridized carbons (Fsp3) is 0.588. The topological polar surface area (TPSA) is 116 Å². The van der Waals surface area contributed by atoms with Gasteiger partial charge in [0.15, 0.2) is 0 Å². The third-order valence-corrected chi connectivity index (χ3v) is 7.35. The lowest BCUT2D eigenvalue weighted by molar-refractivity contribution is -0.119. The molecule has 1 aliphatic rings. The Kier molecular flexibility index (Phi) is 8.00. The summed E-state index contributed by atoms with van der Waals surface area (Å²) >= 11 is 0. The molecule has 12 heteroatoms. The second-order valence-corrected chi connectivity index (χ2v) is 10.8. The third kappa shape index (κ3) is 6.64. The van der Waals surface area contributed by atoms with E-state index in [9.17, 15) is 21.6 Å². The number of benzene rings is 1. The number of likely N-dealkylation sites (N-methyl/N-ethyl adjacent to an activating group) is 1. The van der Waals surface area contributed by atoms with E-state index >= 15 is 0 Å². The molecule has 0 radical (unpaired) electrons. The highest BCUT2D eigenvalue weighted by molar-refractivity contribution is 7.92. The van der Waals surface area contributed by atoms with E-state index in [-0.39, 0.29) is 30.2 Å². The Morgan fingerprint density at radius 1 is 1.10 bits per heavy atom. The molecule has 1 N–H and O–H groups in total. The summed E-state index contributed by atoms with van der Waals surface area (Å²) in [5, 5.41) is 2.66. The van der Waals surface area contributed by atoms with Crippen LogP contribution in [0.5, 0.6) is 0 Å². The maximum absolute atomic E-state index is 12.7. The minimum atomic E-state index is -3.74. The van der Waals surface area contributed by atoms with Crippen molar-refractivity contribution in [3.63, 3.8) is 0 Å². The number of amides is 1. The first-order valence-electron chi connectivity index (χ1n) is 9.09. The lowest BCUT2D eigenvalue weighted by Gasteiger charge is -2.26. The number of rotatable bonds is 9. The van der Waals surface area contributed by atoms with Gasteiger partial charge in [0.05, 0.1) is 30.1 Å². The third-order valence-electron chi connectivity index (χ3n) is 4.30. The average molecular weight is 449 g/mol. The first-order valence-corrected chi connectivity index (χ1v) is 12.4. The molecule has 0 atom stereocenters. The Hall–Kier alpha value is -1.73. The summed E-state index contributed by atoms with van der Waals surface area (Å²) in [6, 6.07) is 5.48. The van der Waals surface area contributed by atoms with E-state index in [1.165, 1.54) is 28.6 Å². The van der Waals surface area contributed by atoms with Gasteiger partial charge in [-0.15, -0.1) is 0 Å². The second kappa shape index (κ2) is 9.85. The SMILES string of the molecule is CN(C)CCNC(=O)CN(c1ccc(S(=O)(=O)N2CCOCC2)cc1)S(C)(=O)=O. The van der Waals surface area contributed by atoms with E-state index in [4.69, 9.17) is 4.74 Å². The molecule has 1 heterocycles. The van der Waals surface area contributed by atoms with Crippen LogP contribution < -0.4 is 9.62 Å². The summed E-state index contributed by atoms with van der Waals surface area (Å²) < 4.78 is 57.2. The van der Waals surface area contributed by atoms with Crippen LogP contribution in [0.1, 0.15) is 0 Å². The molecule has 10 nitrogen and oxygen atoms in total. The standard InChI is InChI=1S/C17H28N4O6S2/c1-19(2)9-8-18-17(22)14-21(28(3,23)24)15-4-6-16(7-5-15)29(25,26)20-10-12-27-13-11-20/h4-7H,8-14H2,1-3H3,(H,18,22). The van der Waals surface area contributed by atoms with E-state index in [0.29, 0.717) is 26.3 Å². The Balaban J connectivity index is 2.15. The summed E-state index contributed by atoms with van der Waals surface area (Å²) in [4.78, 5) is 14.1. The minimum Gasteiger partial charge on any atom is -0.379 e. The molecule has 2 rings (SSSR count). The van der Waals surface area contributed by atoms with Crippen molar-refractivity contribution in [2.45, 2.75) is 4.90 Å². The Morgan fingerprint density at radius 3 is 2.21 bits per heavy atom. The van der Waals surface area contributed by atoms with Crippen LogP contribution in [-0.4, -0.2) is 98.2 Å². The Morgan fingerprint density at radius 2 is 1.69 bits per heavy atom. The first kappa shape index (κ1) is 23.5. The van der Waals surface area contributed by atoms with Gasteiger partial charge in [0, 0.05) is 26.2 Å². The number of anilines is 1. The van der Waals surface area contributed by atoms with Gasteiger partial charge in [-0.25, -0.2) is 16.8 Å². The van der Waals surface area contributed by atoms with Crippen LogP contribution in [0.4, 0.5) is 5.69 Å². The molecule has 1 aromatic carbocycles. The van der Waals surface area contributed by atoms with Crippen molar-refractivity contribution >= 4 is 31.6 Å². The van der Waals surface area contributed by atoms with Gasteiger partial charge in [-0.2, -0.15) is 4.31 Å². The van der Waals surface area contributed by atoms with Crippen LogP contribution in [0.2, 0.25) is 0 Å². The van der Waals surface area contributed by atoms with Crippen molar-refractivity contribution in [3.05, 3.63) is 24.3 Å². The van der Waals surface area contributed by atoms with Crippen LogP contribution >= 0.6 is 0 Å². The molecule has 0 aromatic heterocycles. The van der Waals surface area contributed by atoms with Gasteiger partial charge in [0.1, 0.15) is 6.54 Å². The lowest BCUT2D eigenvalue weighted by atomic mass is 10.3. The summed E-state index contributed by atoms with van der Waals surface area (Å²) in [6.07, 6.45) is 0.998. The fourth-order valence-corrected chi connectivity index (χ4v) is 4.99. The molecule has 0 spiro atoms. The number of hydrogen-bond acceptors (Lipinski definition) is 7. The number of carbonyl (C=O) groups excluding carboxylic acids is 1. The van der Waals surface area contributed by atoms with Crippen molar-refractivity contribution in [1.82, 2.24) is 14.5 Å². The van der Waals surface area contributed by atoms with Gasteiger partial charge in [-0.05, 0) is 38.4 Å². The van der Waals surface area contributed by atoms with Crippen molar-refractivity contribution in [2.75, 3.05) is 70.6 Å². The molecule has 1 aromatic rings. The van der Waals surface area contributed by atoms with E-state index in [2.05, 4.69) is 5.32 Å². The van der Waals surface area contributed by atoms with Crippen molar-refractivity contribution in [1.29, 1.82) is 0 Å². The molecule has 29 heavy (non-hydrogen) atoms. The number of carbonyl (C=O) groups is 1. The number of sulfonamides is 2. The van der Waals surface area contributed by atoms with Gasteiger partial charge in [-0.1, -0.05) is 0 Å². The zero-order chi connectivity index (χ0) is 21.7. The van der Waals surface area contributed by atoms with Gasteiger partial charge in [0.25, 0.3) is 0 Å². The van der Waals surface area contributed by atoms with Gasteiger partial charge in [0.2, 0.25) is 26.0 Å². The largest absolute Gasteiger partial charge is 0.379 e. The smallest absolute Gasteiger partial charge is 0.243 e. The molecule has 1 aliphatic heterocycles. The van der Waals surface area contributed by atoms with Gasteiger partial charge >= 0.3 is 0 Å². The van der Waals surface area contributed by atoms with E-state index in [1.54, 1.807) is 0 Å². The molecule has 164 valence electrons. The number of hydrogen-bond donors (Lipinski definition) is 1. The summed E-state index contributed by atoms with van der Waals surface area (Å²) in [7, 11) is -3.69. The highest BCUT2D eigenvalue weighted by Gasteiger charge is 2.27. The van der Waals surface area contributed by atoms with Crippen molar-refractivity contribution in [3.8, 4) is 0 Å². The zero-order valence-electron chi connectivity index (χ0n) is 16.9. The quantitative estimate of drug-likeness (QED) is 0.523. The van der Waals surface area contributed by atoms with E-state index < -0.39 is 26.0 Å². The lowest BCUT2D eigenvalue weighted by Crippen LogP contribution is -2.42. The highest BCUT2D eigenvalue weighted by Crippen LogP contribution is 2.23. The van der Waals surface area contributed by atoms with E-state index in [1.807, 2.05) is 19.0 Å². The Labute approximate surface area is 172 Å². The van der Waals surface area contributed by atoms with Crippen LogP contribution in [0.15, 0.2) is 29.2 Å². The Bertz CT molecular complexity index is 894. The monoisotopic (exact) mass is 448 g/mol. The number of nitrogens with zero attached hydrogens (tertiary/aromatic N) is 3. The average Bonchev–Trinajstić information content (AvgIpc) is 2.66. The summed E-state index contributed by atoms with van der Waals surface area (Å²) in [5.41, 5.74) is 0.219.